The van der Waals surface area contributed by atoms with Gasteiger partial charge in [-0.2, -0.15) is 0 Å². The van der Waals surface area contributed by atoms with Gasteiger partial charge in [-0.05, 0) is 38.4 Å². The minimum Gasteiger partial charge on any atom is -0.496 e. The van der Waals surface area contributed by atoms with Crippen LogP contribution in [-0.4, -0.2) is 40.4 Å². The van der Waals surface area contributed by atoms with Crippen LogP contribution in [0, 0.1) is 0 Å². The highest BCUT2D eigenvalue weighted by Crippen LogP contribution is 2.17. The van der Waals surface area contributed by atoms with Crippen molar-refractivity contribution in [1.82, 2.24) is 10.0 Å². The Kier molecular flexibility index (Phi) is 6.98. The molecule has 5 nitrogen and oxygen atoms in total. The van der Waals surface area contributed by atoms with Crippen molar-refractivity contribution in [3.63, 3.8) is 0 Å². The van der Waals surface area contributed by atoms with Crippen LogP contribution in [-0.2, 0) is 16.4 Å². The van der Waals surface area contributed by atoms with Crippen LogP contribution < -0.4 is 14.8 Å². The molecule has 1 atom stereocenters. The van der Waals surface area contributed by atoms with E-state index in [-0.39, 0.29) is 11.8 Å². The molecule has 0 aliphatic heterocycles. The Morgan fingerprint density at radius 2 is 2.00 bits per heavy atom. The molecule has 0 radical (unpaired) electrons. The monoisotopic (exact) mass is 300 g/mol. The first-order valence-electron chi connectivity index (χ1n) is 6.81. The average Bonchev–Trinajstić information content (AvgIpc) is 2.46. The lowest BCUT2D eigenvalue weighted by Crippen LogP contribution is -2.40. The molecule has 0 saturated carbocycles. The largest absolute Gasteiger partial charge is 0.496 e. The van der Waals surface area contributed by atoms with Crippen LogP contribution >= 0.6 is 0 Å². The molecule has 0 bridgehead atoms. The molecule has 0 spiro atoms. The number of para-hydroxylation sites is 1. The second-order valence-corrected chi connectivity index (χ2v) is 6.76. The molecule has 1 unspecified atom stereocenters. The Morgan fingerprint density at radius 1 is 1.30 bits per heavy atom. The summed E-state index contributed by atoms with van der Waals surface area (Å²) in [5, 5.41) is 3.30. The number of nitrogens with one attached hydrogen (secondary N) is 2. The number of hydrogen-bond donors (Lipinski definition) is 2. The third-order valence-corrected chi connectivity index (χ3v) is 4.44. The molecule has 6 heteroatoms. The first kappa shape index (κ1) is 16.9. The maximum atomic E-state index is 11.3. The van der Waals surface area contributed by atoms with Crippen molar-refractivity contribution >= 4 is 10.0 Å². The summed E-state index contributed by atoms with van der Waals surface area (Å²) in [6, 6.07) is 7.99. The highest BCUT2D eigenvalue weighted by Gasteiger charge is 2.09. The second kappa shape index (κ2) is 8.24. The van der Waals surface area contributed by atoms with Crippen molar-refractivity contribution in [2.45, 2.75) is 26.3 Å². The molecule has 114 valence electrons. The van der Waals surface area contributed by atoms with Crippen molar-refractivity contribution in [3.8, 4) is 5.75 Å². The Hall–Kier alpha value is -1.11. The highest BCUT2D eigenvalue weighted by molar-refractivity contribution is 7.89. The van der Waals surface area contributed by atoms with E-state index in [2.05, 4.69) is 10.0 Å². The van der Waals surface area contributed by atoms with Crippen LogP contribution in [0.2, 0.25) is 0 Å². The number of ether oxygens (including phenoxy) is 1. The van der Waals surface area contributed by atoms with Gasteiger partial charge >= 0.3 is 0 Å². The van der Waals surface area contributed by atoms with Crippen LogP contribution in [0.25, 0.3) is 0 Å². The number of methoxy groups -OCH3 is 1. The van der Waals surface area contributed by atoms with Crippen molar-refractivity contribution in [3.05, 3.63) is 29.8 Å². The topological polar surface area (TPSA) is 67.4 Å². The van der Waals surface area contributed by atoms with E-state index < -0.39 is 10.0 Å². The second-order valence-electron chi connectivity index (χ2n) is 4.67. The van der Waals surface area contributed by atoms with Gasteiger partial charge in [-0.1, -0.05) is 18.2 Å². The summed E-state index contributed by atoms with van der Waals surface area (Å²) >= 11 is 0. The minimum absolute atomic E-state index is 0.0889. The Balaban J connectivity index is 2.33. The Bertz CT molecular complexity index is 503. The van der Waals surface area contributed by atoms with Crippen LogP contribution in [0.15, 0.2) is 24.3 Å². The quantitative estimate of drug-likeness (QED) is 0.718. The van der Waals surface area contributed by atoms with Crippen molar-refractivity contribution in [2.24, 2.45) is 0 Å². The maximum Gasteiger partial charge on any atom is 0.211 e. The molecule has 0 saturated heterocycles. The van der Waals surface area contributed by atoms with Crippen LogP contribution in [0.1, 0.15) is 19.4 Å². The maximum absolute atomic E-state index is 11.3. The predicted molar refractivity (Wildman–Crippen MR) is 81.6 cm³/mol. The molecular formula is C14H24N2O3S. The first-order valence-corrected chi connectivity index (χ1v) is 8.46. The van der Waals surface area contributed by atoms with Gasteiger partial charge in [0.05, 0.1) is 12.9 Å². The van der Waals surface area contributed by atoms with E-state index in [0.29, 0.717) is 6.54 Å². The average molecular weight is 300 g/mol. The van der Waals surface area contributed by atoms with Crippen molar-refractivity contribution in [1.29, 1.82) is 0 Å². The number of hydrogen-bond acceptors (Lipinski definition) is 4. The van der Waals surface area contributed by atoms with Gasteiger partial charge in [-0.15, -0.1) is 0 Å². The summed E-state index contributed by atoms with van der Waals surface area (Å²) in [6.45, 7) is 4.76. The van der Waals surface area contributed by atoms with E-state index in [1.165, 1.54) is 0 Å². The molecule has 0 amide bonds. The van der Waals surface area contributed by atoms with E-state index >= 15 is 0 Å². The summed E-state index contributed by atoms with van der Waals surface area (Å²) in [7, 11) is -1.45. The minimum atomic E-state index is -3.11. The van der Waals surface area contributed by atoms with E-state index in [9.17, 15) is 8.42 Å². The lowest BCUT2D eigenvalue weighted by atomic mass is 10.1. The fourth-order valence-corrected chi connectivity index (χ4v) is 2.50. The van der Waals surface area contributed by atoms with Gasteiger partial charge in [0.25, 0.3) is 0 Å². The Morgan fingerprint density at radius 3 is 2.65 bits per heavy atom. The normalized spacial score (nSPS) is 13.2. The first-order chi connectivity index (χ1) is 9.48. The fraction of sp³-hybridized carbons (Fsp3) is 0.571. The van der Waals surface area contributed by atoms with Crippen molar-refractivity contribution < 1.29 is 13.2 Å². The fourth-order valence-electron chi connectivity index (χ4n) is 1.79. The van der Waals surface area contributed by atoms with Gasteiger partial charge in [-0.3, -0.25) is 0 Å². The highest BCUT2D eigenvalue weighted by atomic mass is 32.2. The van der Waals surface area contributed by atoms with Gasteiger partial charge < -0.3 is 10.1 Å². The van der Waals surface area contributed by atoms with E-state index in [1.54, 1.807) is 14.0 Å². The molecule has 1 aromatic carbocycles. The zero-order chi connectivity index (χ0) is 15.0. The van der Waals surface area contributed by atoms with Gasteiger partial charge in [0.2, 0.25) is 10.0 Å². The lowest BCUT2D eigenvalue weighted by Gasteiger charge is -2.15. The van der Waals surface area contributed by atoms with Crippen LogP contribution in [0.3, 0.4) is 0 Å². The summed E-state index contributed by atoms with van der Waals surface area (Å²) in [5.41, 5.74) is 1.14. The molecule has 0 heterocycles. The molecule has 1 rings (SSSR count). The smallest absolute Gasteiger partial charge is 0.211 e. The van der Waals surface area contributed by atoms with E-state index in [0.717, 1.165) is 24.3 Å². The zero-order valence-electron chi connectivity index (χ0n) is 12.3. The molecular weight excluding hydrogens is 276 g/mol. The molecule has 20 heavy (non-hydrogen) atoms. The molecule has 1 aromatic rings. The van der Waals surface area contributed by atoms with Gasteiger partial charge in [0, 0.05) is 12.6 Å². The summed E-state index contributed by atoms with van der Waals surface area (Å²) in [5.74, 6) is 0.995. The van der Waals surface area contributed by atoms with Gasteiger partial charge in [0.1, 0.15) is 5.75 Å². The number of benzene rings is 1. The van der Waals surface area contributed by atoms with Crippen LogP contribution in [0.4, 0.5) is 0 Å². The van der Waals surface area contributed by atoms with Crippen molar-refractivity contribution in [2.75, 3.05) is 26.0 Å². The molecule has 0 fully saturated rings. The molecule has 2 N–H and O–H groups in total. The summed E-state index contributed by atoms with van der Waals surface area (Å²) < 4.78 is 30.5. The number of sulfonamides is 1. The summed E-state index contributed by atoms with van der Waals surface area (Å²) in [6.07, 6.45) is 0.842. The molecule has 0 aliphatic carbocycles. The SMILES string of the molecule is CCS(=O)(=O)NCC(C)NCCc1ccccc1OC. The van der Waals surface area contributed by atoms with Gasteiger partial charge in [0.15, 0.2) is 0 Å². The van der Waals surface area contributed by atoms with Crippen LogP contribution in [0.5, 0.6) is 5.75 Å². The third-order valence-electron chi connectivity index (χ3n) is 3.07. The molecule has 0 aliphatic rings. The number of rotatable bonds is 9. The van der Waals surface area contributed by atoms with Gasteiger partial charge in [-0.25, -0.2) is 13.1 Å². The lowest BCUT2D eigenvalue weighted by molar-refractivity contribution is 0.408. The Labute approximate surface area is 121 Å². The standard InChI is InChI=1S/C14H24N2O3S/c1-4-20(17,18)16-11-12(2)15-10-9-13-7-5-6-8-14(13)19-3/h5-8,12,15-16H,4,9-11H2,1-3H3. The predicted octanol–water partition coefficient (Wildman–Crippen LogP) is 1.16. The zero-order valence-corrected chi connectivity index (χ0v) is 13.2. The van der Waals surface area contributed by atoms with E-state index in [4.69, 9.17) is 4.74 Å². The molecule has 0 aromatic heterocycles. The third kappa shape index (κ3) is 5.90. The van der Waals surface area contributed by atoms with E-state index in [1.807, 2.05) is 31.2 Å². The summed E-state index contributed by atoms with van der Waals surface area (Å²) in [4.78, 5) is 0.